The number of aromatic nitrogens is 3. The molecule has 0 aliphatic carbocycles. The second-order valence-electron chi connectivity index (χ2n) is 5.83. The zero-order valence-corrected chi connectivity index (χ0v) is 16.7. The Labute approximate surface area is 175 Å². The summed E-state index contributed by atoms with van der Waals surface area (Å²) < 4.78 is 6.30. The van der Waals surface area contributed by atoms with Crippen molar-refractivity contribution in [2.75, 3.05) is 23.5 Å². The van der Waals surface area contributed by atoms with Crippen LogP contribution in [0.4, 0.5) is 17.2 Å². The third kappa shape index (κ3) is 4.95. The molecule has 0 atom stereocenters. The maximum atomic E-state index is 12.5. The van der Waals surface area contributed by atoms with Gasteiger partial charge in [-0.25, -0.2) is 4.68 Å². The SMILES string of the molecule is COc1ccc(Cl)cc1NC(=O)c1nnn(CC(=O)Nc2ccc(Cl)cc2)c1N. The predicted molar refractivity (Wildman–Crippen MR) is 110 cm³/mol. The lowest BCUT2D eigenvalue weighted by Crippen LogP contribution is -2.21. The molecule has 150 valence electrons. The minimum absolute atomic E-state index is 0.0604. The number of nitrogens with zero attached hydrogens (tertiary/aromatic N) is 3. The van der Waals surface area contributed by atoms with Crippen LogP contribution >= 0.6 is 23.2 Å². The van der Waals surface area contributed by atoms with Crippen LogP contribution in [0.25, 0.3) is 0 Å². The number of carbonyl (C=O) groups excluding carboxylic acids is 2. The van der Waals surface area contributed by atoms with E-state index in [4.69, 9.17) is 33.7 Å². The Balaban J connectivity index is 1.70. The lowest BCUT2D eigenvalue weighted by molar-refractivity contribution is -0.116. The molecule has 29 heavy (non-hydrogen) atoms. The quantitative estimate of drug-likeness (QED) is 0.547. The number of nitrogen functional groups attached to an aromatic ring is 1. The van der Waals surface area contributed by atoms with Crippen molar-refractivity contribution in [2.24, 2.45) is 0 Å². The maximum Gasteiger partial charge on any atom is 0.280 e. The van der Waals surface area contributed by atoms with E-state index in [1.54, 1.807) is 36.4 Å². The van der Waals surface area contributed by atoms with Gasteiger partial charge in [-0.15, -0.1) is 5.10 Å². The summed E-state index contributed by atoms with van der Waals surface area (Å²) in [6.45, 7) is -0.227. The fraction of sp³-hybridized carbons (Fsp3) is 0.111. The molecule has 0 spiro atoms. The van der Waals surface area contributed by atoms with Crippen LogP contribution in [-0.2, 0) is 11.3 Å². The van der Waals surface area contributed by atoms with Crippen molar-refractivity contribution in [3.8, 4) is 5.75 Å². The van der Waals surface area contributed by atoms with Crippen molar-refractivity contribution in [1.82, 2.24) is 15.0 Å². The molecule has 1 aromatic heterocycles. The van der Waals surface area contributed by atoms with Crippen LogP contribution < -0.4 is 21.1 Å². The molecular weight excluding hydrogens is 419 g/mol. The molecule has 0 aliphatic heterocycles. The number of ether oxygens (including phenoxy) is 1. The van der Waals surface area contributed by atoms with Crippen LogP contribution in [0.5, 0.6) is 5.75 Å². The Morgan fingerprint density at radius 1 is 1.10 bits per heavy atom. The first-order chi connectivity index (χ1) is 13.9. The fourth-order valence-corrected chi connectivity index (χ4v) is 2.73. The Hall–Kier alpha value is -3.30. The molecule has 11 heteroatoms. The number of halogens is 2. The highest BCUT2D eigenvalue weighted by Gasteiger charge is 2.20. The highest BCUT2D eigenvalue weighted by atomic mass is 35.5. The first-order valence-electron chi connectivity index (χ1n) is 8.26. The number of nitrogens with two attached hydrogens (primary N) is 1. The molecular formula is C18H16Cl2N6O3. The predicted octanol–water partition coefficient (Wildman–Crippen LogP) is 3.07. The Kier molecular flexibility index (Phi) is 6.20. The summed E-state index contributed by atoms with van der Waals surface area (Å²) >= 11 is 11.8. The Morgan fingerprint density at radius 2 is 1.79 bits per heavy atom. The summed E-state index contributed by atoms with van der Waals surface area (Å²) in [7, 11) is 1.46. The first-order valence-corrected chi connectivity index (χ1v) is 9.02. The van der Waals surface area contributed by atoms with Crippen LogP contribution in [0.3, 0.4) is 0 Å². The molecule has 0 fully saturated rings. The van der Waals surface area contributed by atoms with Crippen LogP contribution in [0, 0.1) is 0 Å². The second-order valence-corrected chi connectivity index (χ2v) is 6.71. The smallest absolute Gasteiger partial charge is 0.280 e. The maximum absolute atomic E-state index is 12.5. The Morgan fingerprint density at radius 3 is 2.48 bits per heavy atom. The van der Waals surface area contributed by atoms with Gasteiger partial charge in [-0.3, -0.25) is 9.59 Å². The van der Waals surface area contributed by atoms with Crippen LogP contribution in [0.15, 0.2) is 42.5 Å². The number of benzene rings is 2. The lowest BCUT2D eigenvalue weighted by Gasteiger charge is -2.10. The Bertz CT molecular complexity index is 1050. The van der Waals surface area contributed by atoms with Crippen LogP contribution in [0.2, 0.25) is 10.0 Å². The number of anilines is 3. The minimum atomic E-state index is -0.618. The third-order valence-corrected chi connectivity index (χ3v) is 4.31. The summed E-state index contributed by atoms with van der Waals surface area (Å²) in [6.07, 6.45) is 0. The monoisotopic (exact) mass is 434 g/mol. The molecule has 0 saturated heterocycles. The number of nitrogens with one attached hydrogen (secondary N) is 2. The van der Waals surface area contributed by atoms with Crippen LogP contribution in [0.1, 0.15) is 10.5 Å². The van der Waals surface area contributed by atoms with E-state index < -0.39 is 11.8 Å². The number of rotatable bonds is 6. The highest BCUT2D eigenvalue weighted by molar-refractivity contribution is 6.31. The summed E-state index contributed by atoms with van der Waals surface area (Å²) in [5.74, 6) is -0.661. The van der Waals surface area contributed by atoms with E-state index in [0.717, 1.165) is 4.68 Å². The average molecular weight is 435 g/mol. The van der Waals surface area contributed by atoms with Gasteiger partial charge in [0.25, 0.3) is 5.91 Å². The van der Waals surface area contributed by atoms with Gasteiger partial charge < -0.3 is 21.1 Å². The van der Waals surface area contributed by atoms with Crippen molar-refractivity contribution >= 4 is 52.2 Å². The normalized spacial score (nSPS) is 10.4. The molecule has 0 saturated carbocycles. The molecule has 2 amide bonds. The number of carbonyl (C=O) groups is 2. The standard InChI is InChI=1S/C18H16Cl2N6O3/c1-29-14-7-4-11(20)8-13(14)23-18(28)16-17(21)26(25-24-16)9-15(27)22-12-5-2-10(19)3-6-12/h2-8H,9,21H2,1H3,(H,22,27)(H,23,28). The van der Waals surface area contributed by atoms with Crippen molar-refractivity contribution in [3.05, 3.63) is 58.2 Å². The minimum Gasteiger partial charge on any atom is -0.495 e. The lowest BCUT2D eigenvalue weighted by atomic mass is 10.2. The molecule has 0 aliphatic rings. The zero-order valence-electron chi connectivity index (χ0n) is 15.1. The summed E-state index contributed by atoms with van der Waals surface area (Å²) in [5, 5.41) is 13.8. The van der Waals surface area contributed by atoms with Gasteiger partial charge in [0.2, 0.25) is 5.91 Å². The zero-order chi connectivity index (χ0) is 21.0. The largest absolute Gasteiger partial charge is 0.495 e. The molecule has 4 N–H and O–H groups in total. The topological polar surface area (TPSA) is 124 Å². The van der Waals surface area contributed by atoms with Gasteiger partial charge in [-0.2, -0.15) is 0 Å². The number of hydrogen-bond acceptors (Lipinski definition) is 6. The number of methoxy groups -OCH3 is 1. The molecule has 2 aromatic carbocycles. The molecule has 1 heterocycles. The van der Waals surface area contributed by atoms with Crippen LogP contribution in [-0.4, -0.2) is 33.9 Å². The van der Waals surface area contributed by atoms with Gasteiger partial charge in [0.1, 0.15) is 12.3 Å². The summed E-state index contributed by atoms with van der Waals surface area (Å²) in [4.78, 5) is 24.7. The van der Waals surface area contributed by atoms with Gasteiger partial charge in [-0.05, 0) is 42.5 Å². The highest BCUT2D eigenvalue weighted by Crippen LogP contribution is 2.28. The van der Waals surface area contributed by atoms with E-state index in [0.29, 0.717) is 27.2 Å². The van der Waals surface area contributed by atoms with E-state index >= 15 is 0 Å². The van der Waals surface area contributed by atoms with E-state index in [1.165, 1.54) is 13.2 Å². The van der Waals surface area contributed by atoms with Crippen molar-refractivity contribution < 1.29 is 14.3 Å². The summed E-state index contributed by atoms with van der Waals surface area (Å²) in [5.41, 5.74) is 6.72. The average Bonchev–Trinajstić information content (AvgIpc) is 3.04. The van der Waals surface area contributed by atoms with E-state index in [9.17, 15) is 9.59 Å². The molecule has 3 aromatic rings. The van der Waals surface area contributed by atoms with Crippen molar-refractivity contribution in [1.29, 1.82) is 0 Å². The van der Waals surface area contributed by atoms with Gasteiger partial charge in [0, 0.05) is 15.7 Å². The van der Waals surface area contributed by atoms with Gasteiger partial charge in [0.15, 0.2) is 11.5 Å². The molecule has 9 nitrogen and oxygen atoms in total. The molecule has 3 rings (SSSR count). The van der Waals surface area contributed by atoms with E-state index in [2.05, 4.69) is 20.9 Å². The van der Waals surface area contributed by atoms with Gasteiger partial charge >= 0.3 is 0 Å². The fourth-order valence-electron chi connectivity index (χ4n) is 2.43. The third-order valence-electron chi connectivity index (χ3n) is 3.82. The number of amides is 2. The van der Waals surface area contributed by atoms with E-state index in [-0.39, 0.29) is 18.1 Å². The molecule has 0 radical (unpaired) electrons. The van der Waals surface area contributed by atoms with Crippen molar-refractivity contribution in [3.63, 3.8) is 0 Å². The second kappa shape index (κ2) is 8.80. The molecule has 0 unspecified atom stereocenters. The first kappa shape index (κ1) is 20.4. The summed E-state index contributed by atoms with van der Waals surface area (Å²) in [6, 6.07) is 11.4. The van der Waals surface area contributed by atoms with E-state index in [1.807, 2.05) is 0 Å². The van der Waals surface area contributed by atoms with Gasteiger partial charge in [-0.1, -0.05) is 28.4 Å². The molecule has 0 bridgehead atoms. The number of hydrogen-bond donors (Lipinski definition) is 3. The van der Waals surface area contributed by atoms with Crippen molar-refractivity contribution in [2.45, 2.75) is 6.54 Å². The van der Waals surface area contributed by atoms with Gasteiger partial charge in [0.05, 0.1) is 12.8 Å².